The van der Waals surface area contributed by atoms with Gasteiger partial charge in [0, 0.05) is 50.7 Å². The van der Waals surface area contributed by atoms with Crippen LogP contribution in [0.4, 0.5) is 29.3 Å². The van der Waals surface area contributed by atoms with Gasteiger partial charge >= 0.3 is 12.3 Å². The van der Waals surface area contributed by atoms with Gasteiger partial charge < -0.3 is 19.1 Å². The smallest absolute Gasteiger partial charge is 0.420 e. The molecule has 2 aliphatic heterocycles. The zero-order chi connectivity index (χ0) is 26.2. The lowest BCUT2D eigenvalue weighted by Gasteiger charge is -2.36. The van der Waals surface area contributed by atoms with Crippen LogP contribution in [0.25, 0.3) is 11.0 Å². The van der Waals surface area contributed by atoms with Crippen molar-refractivity contribution >= 4 is 28.5 Å². The summed E-state index contributed by atoms with van der Waals surface area (Å²) in [5, 5.41) is 0. The molecule has 0 N–H and O–H groups in total. The Balaban J connectivity index is 1.22. The molecule has 196 valence electrons. The summed E-state index contributed by atoms with van der Waals surface area (Å²) in [5.74, 6) is 0.223. The predicted octanol–water partition coefficient (Wildman–Crippen LogP) is 3.81. The number of fused-ring (bicyclic) bond motifs is 1. The Hall–Kier alpha value is -3.80. The number of carbonyl (C=O) groups is 1. The van der Waals surface area contributed by atoms with E-state index in [1.165, 1.54) is 24.1 Å². The number of pyridine rings is 2. The average molecular weight is 518 g/mol. The number of alkyl halides is 3. The second-order valence-corrected chi connectivity index (χ2v) is 8.84. The van der Waals surface area contributed by atoms with Gasteiger partial charge in [0.25, 0.3) is 0 Å². The van der Waals surface area contributed by atoms with Crippen LogP contribution in [0.1, 0.15) is 5.56 Å². The molecule has 2 fully saturated rings. The number of anilines is 2. The van der Waals surface area contributed by atoms with Gasteiger partial charge in [0.05, 0.1) is 37.5 Å². The van der Waals surface area contributed by atoms with Crippen LogP contribution in [0.3, 0.4) is 0 Å². The van der Waals surface area contributed by atoms with Crippen molar-refractivity contribution in [1.82, 2.24) is 14.9 Å². The van der Waals surface area contributed by atoms with Crippen LogP contribution in [-0.2, 0) is 10.9 Å². The zero-order valence-electron chi connectivity index (χ0n) is 20.4. The summed E-state index contributed by atoms with van der Waals surface area (Å²) in [6.07, 6.45) is -3.97. The normalized spacial score (nSPS) is 18.8. The highest BCUT2D eigenvalue weighted by atomic mass is 19.4. The van der Waals surface area contributed by atoms with E-state index in [-0.39, 0.29) is 18.0 Å². The van der Waals surface area contributed by atoms with Crippen molar-refractivity contribution in [3.05, 3.63) is 48.2 Å². The van der Waals surface area contributed by atoms with Crippen molar-refractivity contribution in [1.29, 1.82) is 0 Å². The predicted molar refractivity (Wildman–Crippen MR) is 130 cm³/mol. The van der Waals surface area contributed by atoms with E-state index >= 15 is 0 Å². The first-order valence-electron chi connectivity index (χ1n) is 11.8. The summed E-state index contributed by atoms with van der Waals surface area (Å²) >= 11 is 0. The molecule has 0 radical (unpaired) electrons. The number of hydrogen-bond acceptors (Lipinski definition) is 8. The highest BCUT2D eigenvalue weighted by molar-refractivity contribution is 5.90. The lowest BCUT2D eigenvalue weighted by molar-refractivity contribution is -0.138. The number of rotatable bonds is 6. The molecule has 1 atom stereocenters. The quantitative estimate of drug-likeness (QED) is 0.489. The Morgan fingerprint density at radius 1 is 1.05 bits per heavy atom. The van der Waals surface area contributed by atoms with E-state index in [1.807, 2.05) is 12.1 Å². The maximum atomic E-state index is 13.4. The fourth-order valence-electron chi connectivity index (χ4n) is 4.73. The third-order valence-electron chi connectivity index (χ3n) is 6.60. The van der Waals surface area contributed by atoms with Gasteiger partial charge in [-0.05, 0) is 30.3 Å². The van der Waals surface area contributed by atoms with Crippen molar-refractivity contribution in [3.8, 4) is 11.6 Å². The minimum absolute atomic E-state index is 0.123. The summed E-state index contributed by atoms with van der Waals surface area (Å²) in [4.78, 5) is 27.1. The lowest BCUT2D eigenvalue weighted by atomic mass is 10.1. The highest BCUT2D eigenvalue weighted by Crippen LogP contribution is 2.39. The monoisotopic (exact) mass is 517 g/mol. The number of hydrogen-bond donors (Lipinski definition) is 0. The highest BCUT2D eigenvalue weighted by Gasteiger charge is 2.38. The largest absolute Gasteiger partial charge is 0.496 e. The Bertz CT molecular complexity index is 1300. The molecule has 2 aliphatic rings. The van der Waals surface area contributed by atoms with E-state index in [1.54, 1.807) is 19.4 Å². The maximum Gasteiger partial charge on any atom is 0.420 e. The van der Waals surface area contributed by atoms with Gasteiger partial charge in [-0.2, -0.15) is 13.2 Å². The zero-order valence-corrected chi connectivity index (χ0v) is 20.4. The first-order valence-corrected chi connectivity index (χ1v) is 11.8. The van der Waals surface area contributed by atoms with Crippen molar-refractivity contribution in [2.45, 2.75) is 12.3 Å². The molecule has 0 spiro atoms. The van der Waals surface area contributed by atoms with Crippen LogP contribution in [0.2, 0.25) is 0 Å². The Labute approximate surface area is 211 Å². The molecule has 3 aromatic rings. The number of methoxy groups -OCH3 is 2. The minimum atomic E-state index is -4.61. The Morgan fingerprint density at radius 3 is 2.54 bits per heavy atom. The second kappa shape index (κ2) is 9.92. The standard InChI is InChI=1S/C25H26F3N5O4/c1-35-21-5-3-16(13-18(21)25(26,27)28)33-15-17(37-24(33)34)14-31-9-11-32(12-10-31)20-7-8-29-19-4-6-22(36-2)30-23(19)20/h3-8,13,17H,9-12,14-15H2,1-2H3. The van der Waals surface area contributed by atoms with Crippen molar-refractivity contribution in [3.63, 3.8) is 0 Å². The molecule has 0 aliphatic carbocycles. The van der Waals surface area contributed by atoms with Crippen LogP contribution in [0.15, 0.2) is 42.6 Å². The molecule has 37 heavy (non-hydrogen) atoms. The lowest BCUT2D eigenvalue weighted by Crippen LogP contribution is -2.49. The molecule has 2 saturated heterocycles. The van der Waals surface area contributed by atoms with Crippen molar-refractivity contribution < 1.29 is 32.2 Å². The van der Waals surface area contributed by atoms with Gasteiger partial charge in [-0.3, -0.25) is 14.8 Å². The van der Waals surface area contributed by atoms with Gasteiger partial charge in [0.1, 0.15) is 17.4 Å². The van der Waals surface area contributed by atoms with E-state index in [0.717, 1.165) is 49.0 Å². The van der Waals surface area contributed by atoms with Crippen LogP contribution in [0, 0.1) is 0 Å². The van der Waals surface area contributed by atoms with Crippen LogP contribution in [-0.4, -0.2) is 80.6 Å². The molecule has 1 aromatic carbocycles. The summed E-state index contributed by atoms with van der Waals surface area (Å²) in [5.41, 5.74) is 1.72. The van der Waals surface area contributed by atoms with Crippen molar-refractivity contribution in [2.24, 2.45) is 0 Å². The molecule has 0 saturated carbocycles. The van der Waals surface area contributed by atoms with Crippen LogP contribution < -0.4 is 19.3 Å². The van der Waals surface area contributed by atoms with Gasteiger partial charge in [0.15, 0.2) is 0 Å². The molecular weight excluding hydrogens is 491 g/mol. The number of carbonyl (C=O) groups excluding carboxylic acids is 1. The topological polar surface area (TPSA) is 80.3 Å². The molecule has 1 amide bonds. The Kier molecular flexibility index (Phi) is 6.67. The molecule has 1 unspecified atom stereocenters. The summed E-state index contributed by atoms with van der Waals surface area (Å²) in [7, 11) is 2.75. The molecule has 12 heteroatoms. The number of piperazine rings is 1. The number of cyclic esters (lactones) is 1. The van der Waals surface area contributed by atoms with Gasteiger partial charge in [-0.25, -0.2) is 9.78 Å². The van der Waals surface area contributed by atoms with E-state index in [4.69, 9.17) is 14.2 Å². The number of ether oxygens (including phenoxy) is 3. The van der Waals surface area contributed by atoms with Crippen LogP contribution >= 0.6 is 0 Å². The molecular formula is C25H26F3N5O4. The molecule has 0 bridgehead atoms. The van der Waals surface area contributed by atoms with E-state index in [0.29, 0.717) is 12.4 Å². The maximum absolute atomic E-state index is 13.4. The first kappa shape index (κ1) is 24.9. The van der Waals surface area contributed by atoms with Gasteiger partial charge in [0.2, 0.25) is 5.88 Å². The number of aromatic nitrogens is 2. The molecule has 2 aromatic heterocycles. The van der Waals surface area contributed by atoms with Crippen molar-refractivity contribution in [2.75, 3.05) is 63.3 Å². The first-order chi connectivity index (χ1) is 17.8. The summed E-state index contributed by atoms with van der Waals surface area (Å²) in [6.45, 7) is 3.57. The molecule has 5 rings (SSSR count). The Morgan fingerprint density at radius 2 is 1.84 bits per heavy atom. The summed E-state index contributed by atoms with van der Waals surface area (Å²) in [6, 6.07) is 9.15. The molecule has 9 nitrogen and oxygen atoms in total. The molecule has 4 heterocycles. The fourth-order valence-corrected chi connectivity index (χ4v) is 4.73. The van der Waals surface area contributed by atoms with Gasteiger partial charge in [-0.1, -0.05) is 0 Å². The number of nitrogens with zero attached hydrogens (tertiary/aromatic N) is 5. The van der Waals surface area contributed by atoms with E-state index in [2.05, 4.69) is 19.8 Å². The van der Waals surface area contributed by atoms with Crippen LogP contribution in [0.5, 0.6) is 11.6 Å². The van der Waals surface area contributed by atoms with E-state index < -0.39 is 23.9 Å². The third kappa shape index (κ3) is 5.06. The number of halogens is 3. The summed E-state index contributed by atoms with van der Waals surface area (Å²) < 4.78 is 55.9. The third-order valence-corrected chi connectivity index (χ3v) is 6.60. The fraction of sp³-hybridized carbons (Fsp3) is 0.400. The second-order valence-electron chi connectivity index (χ2n) is 8.84. The minimum Gasteiger partial charge on any atom is -0.496 e. The number of amides is 1. The van der Waals surface area contributed by atoms with E-state index in [9.17, 15) is 18.0 Å². The van der Waals surface area contributed by atoms with Gasteiger partial charge in [-0.15, -0.1) is 0 Å². The SMILES string of the molecule is COc1ccc2nccc(N3CCN(CC4CN(c5ccc(OC)c(C(F)(F)F)c5)C(=O)O4)CC3)c2n1. The number of benzene rings is 1. The average Bonchev–Trinajstić information content (AvgIpc) is 3.27.